The quantitative estimate of drug-likeness (QED) is 0.0882. The molecule has 91 heavy (non-hydrogen) atoms. The molecule has 1 unspecified atom stereocenters. The lowest BCUT2D eigenvalue weighted by Crippen LogP contribution is -2.63. The van der Waals surface area contributed by atoms with Crippen molar-refractivity contribution in [1.82, 2.24) is 55.6 Å². The van der Waals surface area contributed by atoms with Gasteiger partial charge in [-0.25, -0.2) is 0 Å². The number of hydrogen-bond donors (Lipinski definition) is 6. The molecule has 25 heteroatoms. The molecular formula is C66H119N11O14. The molecule has 1 fully saturated rings. The summed E-state index contributed by atoms with van der Waals surface area (Å²) in [5.41, 5.74) is 0. The molecule has 25 nitrogen and oxygen atoms in total. The van der Waals surface area contributed by atoms with E-state index < -0.39 is 162 Å². The Balaban J connectivity index is 4.34. The molecular weight excluding hydrogens is 1170 g/mol. The highest BCUT2D eigenvalue weighted by Crippen LogP contribution is 2.26. The molecule has 0 radical (unpaired) electrons. The van der Waals surface area contributed by atoms with Crippen LogP contribution in [0.25, 0.3) is 0 Å². The molecule has 0 aliphatic carbocycles. The van der Waals surface area contributed by atoms with E-state index in [-0.39, 0.29) is 62.2 Å². The van der Waals surface area contributed by atoms with Crippen LogP contribution < -0.4 is 21.3 Å². The molecule has 11 amide bonds. The van der Waals surface area contributed by atoms with Gasteiger partial charge in [0.1, 0.15) is 60.4 Å². The van der Waals surface area contributed by atoms with Gasteiger partial charge in [-0.3, -0.25) is 57.5 Å². The maximum absolute atomic E-state index is 15.3. The average Bonchev–Trinajstić information content (AvgIpc) is 0.866. The van der Waals surface area contributed by atoms with Gasteiger partial charge in [0, 0.05) is 55.8 Å². The van der Waals surface area contributed by atoms with E-state index in [1.54, 1.807) is 41.5 Å². The van der Waals surface area contributed by atoms with E-state index >= 15 is 14.4 Å². The number of carboxylic acid groups (broad SMARTS) is 1. The van der Waals surface area contributed by atoms with Crippen molar-refractivity contribution in [2.75, 3.05) is 55.9 Å². The number of rotatable bonds is 21. The van der Waals surface area contributed by atoms with Gasteiger partial charge < -0.3 is 65.8 Å². The number of amides is 11. The third-order valence-electron chi connectivity index (χ3n) is 17.5. The molecule has 0 saturated carbocycles. The lowest BCUT2D eigenvalue weighted by Gasteiger charge is -2.41. The summed E-state index contributed by atoms with van der Waals surface area (Å²) in [7, 11) is 9.86. The Labute approximate surface area is 543 Å². The molecule has 0 aromatic heterocycles. The van der Waals surface area contributed by atoms with E-state index in [2.05, 4.69) is 21.3 Å². The van der Waals surface area contributed by atoms with E-state index in [1.807, 2.05) is 55.4 Å². The van der Waals surface area contributed by atoms with Crippen LogP contribution in [-0.2, 0) is 57.5 Å². The fourth-order valence-electron chi connectivity index (χ4n) is 11.6. The van der Waals surface area contributed by atoms with Crippen LogP contribution in [0.4, 0.5) is 0 Å². The minimum atomic E-state index is -1.66. The second kappa shape index (κ2) is 38.6. The Morgan fingerprint density at radius 3 is 1.42 bits per heavy atom. The first-order chi connectivity index (χ1) is 42.1. The van der Waals surface area contributed by atoms with E-state index in [0.29, 0.717) is 38.5 Å². The Hall–Kier alpha value is -6.40. The van der Waals surface area contributed by atoms with Crippen molar-refractivity contribution in [2.24, 2.45) is 41.4 Å². The normalized spacial score (nSPS) is 25.8. The predicted molar refractivity (Wildman–Crippen MR) is 349 cm³/mol. The van der Waals surface area contributed by atoms with Gasteiger partial charge in [0.05, 0.1) is 12.6 Å². The zero-order valence-corrected chi connectivity index (χ0v) is 59.5. The van der Waals surface area contributed by atoms with Crippen LogP contribution in [0.15, 0.2) is 0 Å². The molecule has 0 aromatic rings. The first kappa shape index (κ1) is 82.6. The summed E-state index contributed by atoms with van der Waals surface area (Å²) in [5.74, 6) is -10.7. The maximum atomic E-state index is 15.3. The number of aliphatic hydroxyl groups excluding tert-OH is 1. The van der Waals surface area contributed by atoms with Crippen LogP contribution in [0.2, 0.25) is 0 Å². The van der Waals surface area contributed by atoms with Crippen LogP contribution in [0.1, 0.15) is 188 Å². The monoisotopic (exact) mass is 1290 g/mol. The number of likely N-dealkylation sites (N-methyl/N-ethyl adjacent to an activating group) is 7. The summed E-state index contributed by atoms with van der Waals surface area (Å²) in [6.45, 7) is 27.6. The number of nitrogens with zero attached hydrogens (tertiary/aromatic N) is 7. The molecule has 1 aliphatic rings. The maximum Gasteiger partial charge on any atom is 0.303 e. The topological polar surface area (TPSA) is 316 Å². The summed E-state index contributed by atoms with van der Waals surface area (Å²) in [5, 5.41) is 32.5. The number of aliphatic carboxylic acids is 1. The van der Waals surface area contributed by atoms with Gasteiger partial charge in [-0.2, -0.15) is 0 Å². The van der Waals surface area contributed by atoms with Crippen LogP contribution in [0.5, 0.6) is 0 Å². The molecule has 6 N–H and O–H groups in total. The Kier molecular flexibility index (Phi) is 35.0. The molecule has 522 valence electrons. The standard InChI is InChI=1S/C66H119N11O14/c1-24-46-62(87)71(17)36-51(78)72(18)48(33-38(4)5)59(84)70-53(41(10)11)65(90)74(20)49(34-39(6)7)58(83)67-44(15)57(82)68-45(16)61(86)73(19)47(32-31-37(2)3)63(88)75(21)50(35-40(8)9)64(89)76(22)54(42(12)13)66(91)77(23)55(60(85)69-46)56(81)43(14)29-27-25-26-28-30-52(79)80/h37-50,53-56,81H,24-36H2,1-23H3,(H,67,83)(H,68,82)(H,69,85)(H,70,84)(H,79,80)/t43-,44+,45-,46+,47+,48+,49+,50+,53?,54+,55+,56-/m1/s1. The molecule has 0 bridgehead atoms. The van der Waals surface area contributed by atoms with Gasteiger partial charge in [-0.15, -0.1) is 0 Å². The number of carboxylic acids is 1. The lowest BCUT2D eigenvalue weighted by molar-refractivity contribution is -0.157. The van der Waals surface area contributed by atoms with Crippen molar-refractivity contribution in [3.8, 4) is 0 Å². The first-order valence-electron chi connectivity index (χ1n) is 33.0. The largest absolute Gasteiger partial charge is 0.481 e. The number of nitrogens with one attached hydrogen (secondary N) is 4. The predicted octanol–water partition coefficient (Wildman–Crippen LogP) is 4.12. The SMILES string of the molecule is CC[C@@H]1NC(=O)[C@H]([C@H](O)[C@H](C)CCCCCCC(=O)O)N(C)C(=O)[C@H](C(C)C)N(C)C(=O)[C@H](CC(C)C)N(C)C(=O)[C@H](CCC(C)C)N(C)C(=O)[C@@H](C)NC(=O)[C@H](C)NC(=O)[C@H](CC(C)C)N(C)C(=O)C(C(C)C)NC(=O)[C@H](CC(C)C)N(C)C(=O)CN(C)C1=O. The second-order valence-electron chi connectivity index (χ2n) is 28.0. The van der Waals surface area contributed by atoms with Gasteiger partial charge in [0.15, 0.2) is 0 Å². The minimum absolute atomic E-state index is 0.000489. The van der Waals surface area contributed by atoms with Gasteiger partial charge >= 0.3 is 5.97 Å². The number of unbranched alkanes of at least 4 members (excludes halogenated alkanes) is 3. The third kappa shape index (κ3) is 24.9. The van der Waals surface area contributed by atoms with Crippen molar-refractivity contribution in [2.45, 2.75) is 254 Å². The highest BCUT2D eigenvalue weighted by Gasteiger charge is 2.46. The van der Waals surface area contributed by atoms with Crippen molar-refractivity contribution < 1.29 is 67.7 Å². The molecule has 0 spiro atoms. The summed E-state index contributed by atoms with van der Waals surface area (Å²) in [6.07, 6.45) is 2.10. The van der Waals surface area contributed by atoms with E-state index in [4.69, 9.17) is 5.11 Å². The molecule has 12 atom stereocenters. The Bertz CT molecular complexity index is 2460. The van der Waals surface area contributed by atoms with Crippen LogP contribution in [-0.4, -0.2) is 238 Å². The average molecular weight is 1290 g/mol. The number of carbonyl (C=O) groups is 12. The summed E-state index contributed by atoms with van der Waals surface area (Å²) in [6, 6.07) is -12.6. The minimum Gasteiger partial charge on any atom is -0.481 e. The molecule has 1 saturated heterocycles. The Morgan fingerprint density at radius 1 is 0.462 bits per heavy atom. The Morgan fingerprint density at radius 2 is 0.923 bits per heavy atom. The summed E-state index contributed by atoms with van der Waals surface area (Å²) in [4.78, 5) is 181. The van der Waals surface area contributed by atoms with Gasteiger partial charge in [-0.05, 0) is 107 Å². The van der Waals surface area contributed by atoms with Crippen molar-refractivity contribution in [1.29, 1.82) is 0 Å². The summed E-state index contributed by atoms with van der Waals surface area (Å²) < 4.78 is 0. The van der Waals surface area contributed by atoms with Crippen LogP contribution >= 0.6 is 0 Å². The highest BCUT2D eigenvalue weighted by atomic mass is 16.4. The zero-order valence-electron chi connectivity index (χ0n) is 59.5. The fourth-order valence-corrected chi connectivity index (χ4v) is 11.6. The summed E-state index contributed by atoms with van der Waals surface area (Å²) >= 11 is 0. The van der Waals surface area contributed by atoms with E-state index in [1.165, 1.54) is 87.7 Å². The number of aliphatic hydroxyl groups is 1. The smallest absolute Gasteiger partial charge is 0.303 e. The highest BCUT2D eigenvalue weighted by molar-refractivity contribution is 5.99. The fraction of sp³-hybridized carbons (Fsp3) is 0.818. The zero-order chi connectivity index (χ0) is 70.4. The van der Waals surface area contributed by atoms with Gasteiger partial charge in [0.25, 0.3) is 0 Å². The molecule has 0 aromatic carbocycles. The molecule has 1 aliphatic heterocycles. The van der Waals surface area contributed by atoms with E-state index in [0.717, 1.165) is 9.80 Å². The van der Waals surface area contributed by atoms with E-state index in [9.17, 15) is 48.3 Å². The van der Waals surface area contributed by atoms with Gasteiger partial charge in [0.2, 0.25) is 65.0 Å². The van der Waals surface area contributed by atoms with Crippen molar-refractivity contribution in [3.63, 3.8) is 0 Å². The third-order valence-corrected chi connectivity index (χ3v) is 17.5. The number of carbonyl (C=O) groups excluding carboxylic acids is 11. The van der Waals surface area contributed by atoms with Crippen LogP contribution in [0, 0.1) is 41.4 Å². The molecule has 1 heterocycles. The van der Waals surface area contributed by atoms with Crippen molar-refractivity contribution in [3.05, 3.63) is 0 Å². The van der Waals surface area contributed by atoms with Crippen molar-refractivity contribution >= 4 is 70.9 Å². The van der Waals surface area contributed by atoms with Gasteiger partial charge in [-0.1, -0.05) is 116 Å². The first-order valence-corrected chi connectivity index (χ1v) is 33.0. The second-order valence-corrected chi connectivity index (χ2v) is 28.0. The molecule has 1 rings (SSSR count). The van der Waals surface area contributed by atoms with Crippen LogP contribution in [0.3, 0.4) is 0 Å². The lowest BCUT2D eigenvalue weighted by atomic mass is 9.90. The number of hydrogen-bond acceptors (Lipinski definition) is 13.